The zero-order chi connectivity index (χ0) is 14.7. The Balaban J connectivity index is 1.88. The van der Waals surface area contributed by atoms with E-state index < -0.39 is 0 Å². The third kappa shape index (κ3) is 3.43. The van der Waals surface area contributed by atoms with Crippen LogP contribution in [-0.4, -0.2) is 25.2 Å². The molecule has 1 aliphatic rings. The lowest BCUT2D eigenvalue weighted by Crippen LogP contribution is -2.15. The lowest BCUT2D eigenvalue weighted by molar-refractivity contribution is 0.181. The van der Waals surface area contributed by atoms with Gasteiger partial charge in [-0.3, -0.25) is 0 Å². The molecular formula is C16H20N2O2S. The summed E-state index contributed by atoms with van der Waals surface area (Å²) in [6.07, 6.45) is 2.58. The molecule has 0 aliphatic heterocycles. The van der Waals surface area contributed by atoms with E-state index in [0.29, 0.717) is 12.6 Å². The van der Waals surface area contributed by atoms with Crippen molar-refractivity contribution in [1.82, 2.24) is 10.3 Å². The number of aromatic nitrogens is 1. The van der Waals surface area contributed by atoms with Crippen molar-refractivity contribution in [3.63, 3.8) is 0 Å². The predicted molar refractivity (Wildman–Crippen MR) is 84.7 cm³/mol. The Morgan fingerprint density at radius 3 is 2.81 bits per heavy atom. The summed E-state index contributed by atoms with van der Waals surface area (Å²) in [6, 6.07) is 8.69. The summed E-state index contributed by atoms with van der Waals surface area (Å²) < 4.78 is 10.7. The van der Waals surface area contributed by atoms with Gasteiger partial charge in [0.25, 0.3) is 0 Å². The van der Waals surface area contributed by atoms with E-state index in [1.165, 1.54) is 17.7 Å². The minimum atomic E-state index is 0.549. The molecule has 5 heteroatoms. The van der Waals surface area contributed by atoms with Gasteiger partial charge in [-0.1, -0.05) is 12.1 Å². The van der Waals surface area contributed by atoms with Crippen LogP contribution in [0.1, 0.15) is 23.4 Å². The number of para-hydroxylation sites is 1. The van der Waals surface area contributed by atoms with Crippen LogP contribution in [0.5, 0.6) is 5.75 Å². The van der Waals surface area contributed by atoms with E-state index in [1.807, 2.05) is 24.3 Å². The van der Waals surface area contributed by atoms with Crippen LogP contribution in [0.15, 0.2) is 24.3 Å². The average Bonchev–Trinajstić information content (AvgIpc) is 3.26. The third-order valence-electron chi connectivity index (χ3n) is 3.53. The summed E-state index contributed by atoms with van der Waals surface area (Å²) in [5.41, 5.74) is 2.07. The number of rotatable bonds is 7. The normalized spacial score (nSPS) is 14.4. The van der Waals surface area contributed by atoms with E-state index >= 15 is 0 Å². The summed E-state index contributed by atoms with van der Waals surface area (Å²) in [7, 11) is 3.40. The molecule has 0 bridgehead atoms. The molecule has 2 aromatic rings. The van der Waals surface area contributed by atoms with Gasteiger partial charge in [0.2, 0.25) is 0 Å². The van der Waals surface area contributed by atoms with Gasteiger partial charge in [-0.05, 0) is 25.0 Å². The maximum absolute atomic E-state index is 5.44. The van der Waals surface area contributed by atoms with Gasteiger partial charge in [0.15, 0.2) is 0 Å². The van der Waals surface area contributed by atoms with Crippen LogP contribution in [0, 0.1) is 0 Å². The summed E-state index contributed by atoms with van der Waals surface area (Å²) in [4.78, 5) is 6.00. The van der Waals surface area contributed by atoms with Crippen molar-refractivity contribution in [2.45, 2.75) is 32.0 Å². The van der Waals surface area contributed by atoms with Gasteiger partial charge in [-0.15, -0.1) is 11.3 Å². The number of thiazole rings is 1. The van der Waals surface area contributed by atoms with Crippen molar-refractivity contribution in [3.8, 4) is 16.3 Å². The summed E-state index contributed by atoms with van der Waals surface area (Å²) in [5.74, 6) is 0.858. The molecule has 112 valence electrons. The summed E-state index contributed by atoms with van der Waals surface area (Å²) >= 11 is 1.72. The minimum Gasteiger partial charge on any atom is -0.496 e. The first kappa shape index (κ1) is 14.5. The molecule has 0 saturated heterocycles. The van der Waals surface area contributed by atoms with Crippen LogP contribution in [0.25, 0.3) is 10.6 Å². The zero-order valence-electron chi connectivity index (χ0n) is 12.4. The fourth-order valence-corrected chi connectivity index (χ4v) is 3.28. The van der Waals surface area contributed by atoms with Gasteiger partial charge in [0.1, 0.15) is 10.8 Å². The first-order valence-corrected chi connectivity index (χ1v) is 7.97. The highest BCUT2D eigenvalue weighted by molar-refractivity contribution is 7.15. The van der Waals surface area contributed by atoms with Crippen molar-refractivity contribution < 1.29 is 9.47 Å². The highest BCUT2D eigenvalue weighted by atomic mass is 32.1. The van der Waals surface area contributed by atoms with E-state index in [0.717, 1.165) is 28.6 Å². The number of hydrogen-bond acceptors (Lipinski definition) is 5. The standard InChI is InChI=1S/C16H20N2O2S/c1-19-10-13-15(9-17-11-7-8-11)21-16(18-13)12-5-3-4-6-14(12)20-2/h3-6,11,17H,7-10H2,1-2H3. The van der Waals surface area contributed by atoms with Crippen molar-refractivity contribution in [2.24, 2.45) is 0 Å². The Kier molecular flexibility index (Phi) is 4.53. The van der Waals surface area contributed by atoms with Gasteiger partial charge >= 0.3 is 0 Å². The van der Waals surface area contributed by atoms with E-state index in [4.69, 9.17) is 14.5 Å². The number of benzene rings is 1. The SMILES string of the molecule is COCc1nc(-c2ccccc2OC)sc1CNC1CC1. The van der Waals surface area contributed by atoms with Gasteiger partial charge in [0, 0.05) is 24.6 Å². The lowest BCUT2D eigenvalue weighted by Gasteiger charge is -2.04. The maximum atomic E-state index is 5.44. The van der Waals surface area contributed by atoms with E-state index in [9.17, 15) is 0 Å². The Morgan fingerprint density at radius 1 is 1.29 bits per heavy atom. The third-order valence-corrected chi connectivity index (χ3v) is 4.66. The molecule has 1 saturated carbocycles. The molecule has 4 nitrogen and oxygen atoms in total. The Labute approximate surface area is 129 Å². The molecule has 0 unspecified atom stereocenters. The predicted octanol–water partition coefficient (Wildman–Crippen LogP) is 3.22. The van der Waals surface area contributed by atoms with Gasteiger partial charge in [-0.25, -0.2) is 4.98 Å². The van der Waals surface area contributed by atoms with Crippen molar-refractivity contribution in [3.05, 3.63) is 34.8 Å². The molecular weight excluding hydrogens is 284 g/mol. The molecule has 0 amide bonds. The number of nitrogens with zero attached hydrogens (tertiary/aromatic N) is 1. The number of ether oxygens (including phenoxy) is 2. The number of methoxy groups -OCH3 is 2. The molecule has 3 rings (SSSR count). The molecule has 1 aliphatic carbocycles. The molecule has 1 fully saturated rings. The fourth-order valence-electron chi connectivity index (χ4n) is 2.23. The molecule has 1 heterocycles. The summed E-state index contributed by atoms with van der Waals surface area (Å²) in [5, 5.41) is 4.54. The first-order valence-electron chi connectivity index (χ1n) is 7.16. The first-order chi connectivity index (χ1) is 10.3. The van der Waals surface area contributed by atoms with Crippen LogP contribution in [-0.2, 0) is 17.9 Å². The molecule has 0 spiro atoms. The topological polar surface area (TPSA) is 43.4 Å². The Hall–Kier alpha value is -1.43. The second kappa shape index (κ2) is 6.56. The fraction of sp³-hybridized carbons (Fsp3) is 0.438. The van der Waals surface area contributed by atoms with Gasteiger partial charge in [-0.2, -0.15) is 0 Å². The van der Waals surface area contributed by atoms with E-state index in [-0.39, 0.29) is 0 Å². The quantitative estimate of drug-likeness (QED) is 0.853. The lowest BCUT2D eigenvalue weighted by atomic mass is 10.2. The van der Waals surface area contributed by atoms with Crippen molar-refractivity contribution in [2.75, 3.05) is 14.2 Å². The monoisotopic (exact) mass is 304 g/mol. The second-order valence-corrected chi connectivity index (χ2v) is 6.26. The number of hydrogen-bond donors (Lipinski definition) is 1. The molecule has 0 radical (unpaired) electrons. The van der Waals surface area contributed by atoms with Crippen molar-refractivity contribution in [1.29, 1.82) is 0 Å². The molecule has 0 atom stereocenters. The van der Waals surface area contributed by atoms with Crippen LogP contribution in [0.2, 0.25) is 0 Å². The van der Waals surface area contributed by atoms with E-state index in [2.05, 4.69) is 5.32 Å². The van der Waals surface area contributed by atoms with Crippen LogP contribution in [0.3, 0.4) is 0 Å². The summed E-state index contributed by atoms with van der Waals surface area (Å²) in [6.45, 7) is 1.42. The van der Waals surface area contributed by atoms with Crippen LogP contribution < -0.4 is 10.1 Å². The molecule has 1 aromatic carbocycles. The Morgan fingerprint density at radius 2 is 2.10 bits per heavy atom. The van der Waals surface area contributed by atoms with Crippen LogP contribution >= 0.6 is 11.3 Å². The average molecular weight is 304 g/mol. The van der Waals surface area contributed by atoms with Crippen molar-refractivity contribution >= 4 is 11.3 Å². The molecule has 21 heavy (non-hydrogen) atoms. The van der Waals surface area contributed by atoms with Gasteiger partial charge < -0.3 is 14.8 Å². The van der Waals surface area contributed by atoms with E-state index in [1.54, 1.807) is 25.6 Å². The highest BCUT2D eigenvalue weighted by Crippen LogP contribution is 2.35. The van der Waals surface area contributed by atoms with Crippen LogP contribution in [0.4, 0.5) is 0 Å². The minimum absolute atomic E-state index is 0.549. The molecule has 1 N–H and O–H groups in total. The Bertz CT molecular complexity index is 608. The largest absolute Gasteiger partial charge is 0.496 e. The highest BCUT2D eigenvalue weighted by Gasteiger charge is 2.22. The maximum Gasteiger partial charge on any atom is 0.129 e. The van der Waals surface area contributed by atoms with Gasteiger partial charge in [0.05, 0.1) is 25.0 Å². The smallest absolute Gasteiger partial charge is 0.129 e. The molecule has 1 aromatic heterocycles. The number of nitrogens with one attached hydrogen (secondary N) is 1. The zero-order valence-corrected chi connectivity index (χ0v) is 13.2. The second-order valence-electron chi connectivity index (χ2n) is 5.18.